The van der Waals surface area contributed by atoms with Crippen molar-refractivity contribution in [2.24, 2.45) is 0 Å². The Kier molecular flexibility index (Phi) is 5.75. The molecule has 0 bridgehead atoms. The monoisotopic (exact) mass is 333 g/mol. The smallest absolute Gasteiger partial charge is 0.233 e. The lowest BCUT2D eigenvalue weighted by Gasteiger charge is -2.20. The van der Waals surface area contributed by atoms with E-state index in [1.807, 2.05) is 13.8 Å². The van der Waals surface area contributed by atoms with Crippen molar-refractivity contribution in [2.75, 3.05) is 18.8 Å². The van der Waals surface area contributed by atoms with Gasteiger partial charge < -0.3 is 10.0 Å². The van der Waals surface area contributed by atoms with Crippen LogP contribution < -0.4 is 0 Å². The summed E-state index contributed by atoms with van der Waals surface area (Å²) in [7, 11) is 0. The maximum atomic E-state index is 12.3. The zero-order valence-electron chi connectivity index (χ0n) is 13.1. The summed E-state index contributed by atoms with van der Waals surface area (Å²) in [6.45, 7) is 8.86. The van der Waals surface area contributed by atoms with Crippen molar-refractivity contribution in [3.05, 3.63) is 36.4 Å². The standard InChI is InChI=1S/C15H19N5O2S/c1-4-19(9-11(2)3)14(22)10-23-15-16-17-18-20(15)12-5-7-13(21)8-6-12/h5-8,21H,2,4,9-10H2,1,3H3. The highest BCUT2D eigenvalue weighted by Gasteiger charge is 2.15. The van der Waals surface area contributed by atoms with Crippen LogP contribution in [0.5, 0.6) is 5.75 Å². The summed E-state index contributed by atoms with van der Waals surface area (Å²) < 4.78 is 1.53. The number of carbonyl (C=O) groups excluding carboxylic acids is 1. The van der Waals surface area contributed by atoms with Crippen LogP contribution in [0.2, 0.25) is 0 Å². The van der Waals surface area contributed by atoms with E-state index in [0.717, 1.165) is 11.3 Å². The number of nitrogens with zero attached hydrogens (tertiary/aromatic N) is 5. The van der Waals surface area contributed by atoms with Gasteiger partial charge in [-0.1, -0.05) is 23.9 Å². The summed E-state index contributed by atoms with van der Waals surface area (Å²) in [5.41, 5.74) is 1.66. The molecule has 122 valence electrons. The number of tetrazole rings is 1. The number of carbonyl (C=O) groups is 1. The summed E-state index contributed by atoms with van der Waals surface area (Å²) in [6.07, 6.45) is 0. The second-order valence-electron chi connectivity index (χ2n) is 5.04. The predicted octanol–water partition coefficient (Wildman–Crippen LogP) is 1.88. The molecule has 23 heavy (non-hydrogen) atoms. The predicted molar refractivity (Wildman–Crippen MR) is 88.6 cm³/mol. The summed E-state index contributed by atoms with van der Waals surface area (Å²) in [5.74, 6) is 0.435. The Morgan fingerprint density at radius 3 is 2.70 bits per heavy atom. The lowest BCUT2D eigenvalue weighted by atomic mass is 10.3. The Balaban J connectivity index is 2.04. The molecule has 1 aromatic heterocycles. The molecule has 0 aliphatic carbocycles. The zero-order valence-corrected chi connectivity index (χ0v) is 14.0. The lowest BCUT2D eigenvalue weighted by molar-refractivity contribution is -0.127. The molecular formula is C15H19N5O2S. The Labute approximate surface area is 139 Å². The van der Waals surface area contributed by atoms with Gasteiger partial charge in [0.15, 0.2) is 0 Å². The molecule has 0 fully saturated rings. The molecule has 1 heterocycles. The van der Waals surface area contributed by atoms with Gasteiger partial charge in [-0.15, -0.1) is 5.10 Å². The maximum Gasteiger partial charge on any atom is 0.233 e. The number of aromatic nitrogens is 4. The third kappa shape index (κ3) is 4.56. The van der Waals surface area contributed by atoms with Crippen molar-refractivity contribution in [3.63, 3.8) is 0 Å². The van der Waals surface area contributed by atoms with Crippen LogP contribution in [0.4, 0.5) is 0 Å². The fourth-order valence-electron chi connectivity index (χ4n) is 1.94. The molecule has 0 aliphatic rings. The average molecular weight is 333 g/mol. The first-order chi connectivity index (χ1) is 11.0. The number of thioether (sulfide) groups is 1. The third-order valence-electron chi connectivity index (χ3n) is 3.06. The minimum Gasteiger partial charge on any atom is -0.508 e. The Morgan fingerprint density at radius 1 is 1.39 bits per heavy atom. The topological polar surface area (TPSA) is 84.1 Å². The molecule has 0 radical (unpaired) electrons. The number of amides is 1. The quantitative estimate of drug-likeness (QED) is 0.615. The normalized spacial score (nSPS) is 10.5. The molecule has 0 spiro atoms. The average Bonchev–Trinajstić information content (AvgIpc) is 2.99. The van der Waals surface area contributed by atoms with Gasteiger partial charge in [0.05, 0.1) is 11.4 Å². The van der Waals surface area contributed by atoms with E-state index < -0.39 is 0 Å². The van der Waals surface area contributed by atoms with E-state index in [0.29, 0.717) is 18.2 Å². The molecule has 1 N–H and O–H groups in total. The zero-order chi connectivity index (χ0) is 16.8. The Bertz CT molecular complexity index is 683. The van der Waals surface area contributed by atoms with Crippen molar-refractivity contribution in [1.82, 2.24) is 25.1 Å². The van der Waals surface area contributed by atoms with Gasteiger partial charge in [0.1, 0.15) is 5.75 Å². The van der Waals surface area contributed by atoms with E-state index in [2.05, 4.69) is 22.1 Å². The number of rotatable bonds is 7. The van der Waals surface area contributed by atoms with Gasteiger partial charge in [-0.05, 0) is 48.5 Å². The van der Waals surface area contributed by atoms with Gasteiger partial charge in [0.25, 0.3) is 0 Å². The van der Waals surface area contributed by atoms with Crippen molar-refractivity contribution in [1.29, 1.82) is 0 Å². The van der Waals surface area contributed by atoms with Gasteiger partial charge in [-0.2, -0.15) is 4.68 Å². The first kappa shape index (κ1) is 17.0. The van der Waals surface area contributed by atoms with Crippen molar-refractivity contribution in [2.45, 2.75) is 19.0 Å². The molecule has 0 aliphatic heterocycles. The molecule has 0 unspecified atom stereocenters. The van der Waals surface area contributed by atoms with E-state index in [1.54, 1.807) is 29.2 Å². The fraction of sp³-hybridized carbons (Fsp3) is 0.333. The molecule has 0 saturated heterocycles. The molecule has 0 atom stereocenters. The summed E-state index contributed by atoms with van der Waals surface area (Å²) >= 11 is 1.28. The van der Waals surface area contributed by atoms with E-state index in [9.17, 15) is 9.90 Å². The van der Waals surface area contributed by atoms with Gasteiger partial charge in [-0.3, -0.25) is 4.79 Å². The van der Waals surface area contributed by atoms with Crippen LogP contribution in [-0.4, -0.2) is 55.0 Å². The SMILES string of the molecule is C=C(C)CN(CC)C(=O)CSc1nnnn1-c1ccc(O)cc1. The highest BCUT2D eigenvalue weighted by Crippen LogP contribution is 2.20. The van der Waals surface area contributed by atoms with Crippen LogP contribution >= 0.6 is 11.8 Å². The largest absolute Gasteiger partial charge is 0.508 e. The van der Waals surface area contributed by atoms with E-state index in [-0.39, 0.29) is 17.4 Å². The highest BCUT2D eigenvalue weighted by atomic mass is 32.2. The summed E-state index contributed by atoms with van der Waals surface area (Å²) in [5, 5.41) is 21.4. The Morgan fingerprint density at radius 2 is 2.09 bits per heavy atom. The molecule has 2 rings (SSSR count). The number of phenolic OH excluding ortho intramolecular Hbond substituents is 1. The van der Waals surface area contributed by atoms with Crippen LogP contribution in [-0.2, 0) is 4.79 Å². The van der Waals surface area contributed by atoms with Gasteiger partial charge in [-0.25, -0.2) is 0 Å². The highest BCUT2D eigenvalue weighted by molar-refractivity contribution is 7.99. The minimum absolute atomic E-state index is 0.0146. The number of phenols is 1. The number of benzene rings is 1. The second kappa shape index (κ2) is 7.77. The van der Waals surface area contributed by atoms with Crippen molar-refractivity contribution < 1.29 is 9.90 Å². The number of likely N-dealkylation sites (N-methyl/N-ethyl adjacent to an activating group) is 1. The van der Waals surface area contributed by atoms with Crippen LogP contribution in [0.25, 0.3) is 5.69 Å². The fourth-order valence-corrected chi connectivity index (χ4v) is 2.74. The molecule has 2 aromatic rings. The minimum atomic E-state index is 0.0146. The van der Waals surface area contributed by atoms with Gasteiger partial charge in [0.2, 0.25) is 11.1 Å². The molecule has 1 aromatic carbocycles. The lowest BCUT2D eigenvalue weighted by Crippen LogP contribution is -2.33. The van der Waals surface area contributed by atoms with Gasteiger partial charge in [0, 0.05) is 13.1 Å². The van der Waals surface area contributed by atoms with Crippen molar-refractivity contribution in [3.8, 4) is 11.4 Å². The number of aromatic hydroxyl groups is 1. The van der Waals surface area contributed by atoms with E-state index >= 15 is 0 Å². The number of hydrogen-bond acceptors (Lipinski definition) is 6. The molecule has 8 heteroatoms. The first-order valence-electron chi connectivity index (χ1n) is 7.14. The van der Waals surface area contributed by atoms with Crippen molar-refractivity contribution >= 4 is 17.7 Å². The number of hydrogen-bond donors (Lipinski definition) is 1. The van der Waals surface area contributed by atoms with Gasteiger partial charge >= 0.3 is 0 Å². The Hall–Kier alpha value is -2.35. The maximum absolute atomic E-state index is 12.3. The molecular weight excluding hydrogens is 314 g/mol. The molecule has 7 nitrogen and oxygen atoms in total. The second-order valence-corrected chi connectivity index (χ2v) is 5.99. The van der Waals surface area contributed by atoms with Crippen LogP contribution in [0.15, 0.2) is 41.6 Å². The molecule has 0 saturated carbocycles. The van der Waals surface area contributed by atoms with E-state index in [1.165, 1.54) is 16.4 Å². The third-order valence-corrected chi connectivity index (χ3v) is 3.96. The van der Waals surface area contributed by atoms with E-state index in [4.69, 9.17) is 0 Å². The summed E-state index contributed by atoms with van der Waals surface area (Å²) in [4.78, 5) is 14.0. The molecule has 1 amide bonds. The van der Waals surface area contributed by atoms with Crippen LogP contribution in [0.1, 0.15) is 13.8 Å². The summed E-state index contributed by atoms with van der Waals surface area (Å²) in [6, 6.07) is 6.53. The van der Waals surface area contributed by atoms with Crippen LogP contribution in [0.3, 0.4) is 0 Å². The first-order valence-corrected chi connectivity index (χ1v) is 8.12. The van der Waals surface area contributed by atoms with Crippen LogP contribution in [0, 0.1) is 0 Å².